The molecule has 106 valence electrons. The number of nitrogens with one attached hydrogen (secondary N) is 1. The van der Waals surface area contributed by atoms with Crippen LogP contribution in [0.15, 0.2) is 0 Å². The number of hydrogen-bond acceptors (Lipinski definition) is 3. The molecule has 1 unspecified atom stereocenters. The molecule has 0 radical (unpaired) electrons. The van der Waals surface area contributed by atoms with Crippen molar-refractivity contribution in [1.82, 2.24) is 15.1 Å². The largest absolute Gasteiger partial charge is 0.336 e. The summed E-state index contributed by atoms with van der Waals surface area (Å²) in [7, 11) is 0. The number of carbonyl (C=O) groups is 3. The van der Waals surface area contributed by atoms with Crippen molar-refractivity contribution in [3.05, 3.63) is 0 Å². The molecule has 0 aromatic heterocycles. The Morgan fingerprint density at radius 2 is 2.11 bits per heavy atom. The third-order valence-corrected chi connectivity index (χ3v) is 3.79. The van der Waals surface area contributed by atoms with Gasteiger partial charge in [0.25, 0.3) is 0 Å². The minimum absolute atomic E-state index is 0.100. The number of likely N-dealkylation sites (tertiary alicyclic amines) is 2. The molecule has 2 atom stereocenters. The number of imide groups is 1. The predicted molar refractivity (Wildman–Crippen MR) is 69.3 cm³/mol. The maximum Gasteiger partial charge on any atom is 0.317 e. The maximum absolute atomic E-state index is 11.8. The monoisotopic (exact) mass is 267 g/mol. The Kier molecular flexibility index (Phi) is 4.07. The van der Waals surface area contributed by atoms with E-state index in [0.29, 0.717) is 12.5 Å². The first-order valence-corrected chi connectivity index (χ1v) is 6.86. The van der Waals surface area contributed by atoms with Gasteiger partial charge in [0.2, 0.25) is 11.8 Å². The predicted octanol–water partition coefficient (Wildman–Crippen LogP) is 0.433. The molecule has 0 spiro atoms. The van der Waals surface area contributed by atoms with Crippen LogP contribution in [0.2, 0.25) is 0 Å². The van der Waals surface area contributed by atoms with Crippen molar-refractivity contribution in [3.63, 3.8) is 0 Å². The van der Waals surface area contributed by atoms with Gasteiger partial charge in [-0.05, 0) is 12.3 Å². The van der Waals surface area contributed by atoms with Crippen molar-refractivity contribution >= 4 is 17.8 Å². The zero-order chi connectivity index (χ0) is 14.0. The molecule has 6 heteroatoms. The zero-order valence-electron chi connectivity index (χ0n) is 11.5. The molecule has 19 heavy (non-hydrogen) atoms. The normalized spacial score (nSPS) is 27.3. The number of amides is 4. The fourth-order valence-corrected chi connectivity index (χ4v) is 2.59. The molecule has 0 aliphatic carbocycles. The van der Waals surface area contributed by atoms with E-state index < -0.39 is 0 Å². The molecule has 0 aromatic rings. The molecule has 2 fully saturated rings. The molecule has 0 saturated carbocycles. The average molecular weight is 267 g/mol. The second-order valence-electron chi connectivity index (χ2n) is 5.56. The third kappa shape index (κ3) is 3.05. The second-order valence-corrected chi connectivity index (χ2v) is 5.56. The molecule has 2 saturated heterocycles. The summed E-state index contributed by atoms with van der Waals surface area (Å²) in [5.41, 5.74) is 0. The van der Waals surface area contributed by atoms with Crippen LogP contribution < -0.4 is 5.32 Å². The Morgan fingerprint density at radius 1 is 1.37 bits per heavy atom. The van der Waals surface area contributed by atoms with Crippen molar-refractivity contribution < 1.29 is 14.4 Å². The molecule has 6 nitrogen and oxygen atoms in total. The summed E-state index contributed by atoms with van der Waals surface area (Å²) >= 11 is 0. The van der Waals surface area contributed by atoms with Crippen LogP contribution in [-0.2, 0) is 9.59 Å². The van der Waals surface area contributed by atoms with E-state index in [4.69, 9.17) is 0 Å². The Morgan fingerprint density at radius 3 is 2.63 bits per heavy atom. The minimum Gasteiger partial charge on any atom is -0.336 e. The molecule has 4 amide bonds. The first-order chi connectivity index (χ1) is 8.99. The van der Waals surface area contributed by atoms with E-state index in [-0.39, 0.29) is 36.7 Å². The van der Waals surface area contributed by atoms with Crippen LogP contribution in [0.4, 0.5) is 4.79 Å². The van der Waals surface area contributed by atoms with E-state index in [2.05, 4.69) is 12.2 Å². The highest BCUT2D eigenvalue weighted by Crippen LogP contribution is 2.18. The SMILES string of the molecule is CC1CC(=O)N(CCNC(=O)N2CC[C@H](C)C2)C1=O. The molecular weight excluding hydrogens is 246 g/mol. The summed E-state index contributed by atoms with van der Waals surface area (Å²) in [6.07, 6.45) is 1.32. The molecule has 1 N–H and O–H groups in total. The molecule has 2 heterocycles. The lowest BCUT2D eigenvalue weighted by Crippen LogP contribution is -2.43. The highest BCUT2D eigenvalue weighted by Gasteiger charge is 2.35. The summed E-state index contributed by atoms with van der Waals surface area (Å²) < 4.78 is 0. The van der Waals surface area contributed by atoms with Gasteiger partial charge in [-0.3, -0.25) is 14.5 Å². The van der Waals surface area contributed by atoms with Gasteiger partial charge in [-0.25, -0.2) is 4.79 Å². The topological polar surface area (TPSA) is 69.7 Å². The van der Waals surface area contributed by atoms with Crippen LogP contribution in [0, 0.1) is 11.8 Å². The van der Waals surface area contributed by atoms with Crippen molar-refractivity contribution in [2.45, 2.75) is 26.7 Å². The van der Waals surface area contributed by atoms with Crippen molar-refractivity contribution in [2.24, 2.45) is 11.8 Å². The second kappa shape index (κ2) is 5.59. The number of urea groups is 1. The molecular formula is C13H21N3O3. The van der Waals surface area contributed by atoms with Crippen LogP contribution in [0.1, 0.15) is 26.7 Å². The van der Waals surface area contributed by atoms with Crippen LogP contribution in [0.25, 0.3) is 0 Å². The minimum atomic E-state index is -0.220. The van der Waals surface area contributed by atoms with Gasteiger partial charge >= 0.3 is 6.03 Å². The summed E-state index contributed by atoms with van der Waals surface area (Å²) in [5.74, 6) is 0.0616. The standard InChI is InChI=1S/C13H21N3O3/c1-9-3-5-15(8-9)13(19)14-4-6-16-11(17)7-10(2)12(16)18/h9-10H,3-8H2,1-2H3,(H,14,19)/t9-,10?/m0/s1. The summed E-state index contributed by atoms with van der Waals surface area (Å²) in [6, 6.07) is -0.100. The smallest absolute Gasteiger partial charge is 0.317 e. The molecule has 2 rings (SSSR count). The highest BCUT2D eigenvalue weighted by molar-refractivity contribution is 6.03. The van der Waals surface area contributed by atoms with E-state index in [1.165, 1.54) is 4.90 Å². The van der Waals surface area contributed by atoms with E-state index in [1.54, 1.807) is 11.8 Å². The van der Waals surface area contributed by atoms with Gasteiger partial charge in [-0.1, -0.05) is 13.8 Å². The van der Waals surface area contributed by atoms with Crippen molar-refractivity contribution in [3.8, 4) is 0 Å². The van der Waals surface area contributed by atoms with Crippen LogP contribution in [0.5, 0.6) is 0 Å². The fraction of sp³-hybridized carbons (Fsp3) is 0.769. The van der Waals surface area contributed by atoms with E-state index in [9.17, 15) is 14.4 Å². The molecule has 0 aromatic carbocycles. The van der Waals surface area contributed by atoms with Gasteiger partial charge in [0, 0.05) is 38.5 Å². The molecule has 2 aliphatic rings. The van der Waals surface area contributed by atoms with Crippen molar-refractivity contribution in [1.29, 1.82) is 0 Å². The lowest BCUT2D eigenvalue weighted by atomic mass is 10.1. The van der Waals surface area contributed by atoms with Gasteiger partial charge in [0.15, 0.2) is 0 Å². The zero-order valence-corrected chi connectivity index (χ0v) is 11.5. The summed E-state index contributed by atoms with van der Waals surface area (Å²) in [5, 5.41) is 2.77. The summed E-state index contributed by atoms with van der Waals surface area (Å²) in [6.45, 7) is 6.04. The van der Waals surface area contributed by atoms with E-state index in [1.807, 2.05) is 0 Å². The van der Waals surface area contributed by atoms with Crippen LogP contribution in [-0.4, -0.2) is 53.8 Å². The third-order valence-electron chi connectivity index (χ3n) is 3.79. The molecule has 2 aliphatic heterocycles. The Hall–Kier alpha value is -1.59. The van der Waals surface area contributed by atoms with Crippen LogP contribution >= 0.6 is 0 Å². The Labute approximate surface area is 113 Å². The van der Waals surface area contributed by atoms with Gasteiger partial charge in [0.1, 0.15) is 0 Å². The molecule has 0 bridgehead atoms. The lowest BCUT2D eigenvalue weighted by molar-refractivity contribution is -0.139. The Bertz CT molecular complexity index is 397. The van der Waals surface area contributed by atoms with Crippen LogP contribution in [0.3, 0.4) is 0 Å². The quantitative estimate of drug-likeness (QED) is 0.754. The average Bonchev–Trinajstić information content (AvgIpc) is 2.88. The maximum atomic E-state index is 11.8. The van der Waals surface area contributed by atoms with Gasteiger partial charge in [0.05, 0.1) is 0 Å². The summed E-state index contributed by atoms with van der Waals surface area (Å²) in [4.78, 5) is 38.1. The van der Waals surface area contributed by atoms with Gasteiger partial charge in [-0.2, -0.15) is 0 Å². The number of rotatable bonds is 3. The highest BCUT2D eigenvalue weighted by atomic mass is 16.2. The van der Waals surface area contributed by atoms with E-state index in [0.717, 1.165) is 19.5 Å². The lowest BCUT2D eigenvalue weighted by Gasteiger charge is -2.19. The van der Waals surface area contributed by atoms with Gasteiger partial charge in [-0.15, -0.1) is 0 Å². The Balaban J connectivity index is 1.73. The number of carbonyl (C=O) groups excluding carboxylic acids is 3. The van der Waals surface area contributed by atoms with Crippen molar-refractivity contribution in [2.75, 3.05) is 26.2 Å². The fourth-order valence-electron chi connectivity index (χ4n) is 2.59. The van der Waals surface area contributed by atoms with E-state index >= 15 is 0 Å². The number of hydrogen-bond donors (Lipinski definition) is 1. The van der Waals surface area contributed by atoms with Gasteiger partial charge < -0.3 is 10.2 Å². The first kappa shape index (κ1) is 13.8. The first-order valence-electron chi connectivity index (χ1n) is 6.86. The number of nitrogens with zero attached hydrogens (tertiary/aromatic N) is 2.